The van der Waals surface area contributed by atoms with Gasteiger partial charge >= 0.3 is 0 Å². The molecular weight excluding hydrogens is 226 g/mol. The topological polar surface area (TPSA) is 87.6 Å². The van der Waals surface area contributed by atoms with Crippen LogP contribution in [-0.4, -0.2) is 16.5 Å². The van der Waals surface area contributed by atoms with Crippen LogP contribution in [0, 0.1) is 11.3 Å². The largest absolute Gasteiger partial charge is 0.397 e. The highest BCUT2D eigenvalue weighted by Gasteiger charge is 2.03. The highest BCUT2D eigenvalue weighted by Crippen LogP contribution is 2.14. The van der Waals surface area contributed by atoms with Gasteiger partial charge < -0.3 is 11.1 Å². The molecule has 2 aromatic heterocycles. The van der Waals surface area contributed by atoms with Crippen LogP contribution in [0.4, 0.5) is 11.5 Å². The van der Waals surface area contributed by atoms with Gasteiger partial charge in [-0.2, -0.15) is 5.26 Å². The third-order valence-corrected chi connectivity index (χ3v) is 2.46. The van der Waals surface area contributed by atoms with Crippen LogP contribution in [0.3, 0.4) is 0 Å². The zero-order chi connectivity index (χ0) is 12.8. The summed E-state index contributed by atoms with van der Waals surface area (Å²) in [5.41, 5.74) is 7.66. The number of nitrogens with zero attached hydrogens (tertiary/aromatic N) is 3. The van der Waals surface area contributed by atoms with Gasteiger partial charge in [-0.15, -0.1) is 0 Å². The summed E-state index contributed by atoms with van der Waals surface area (Å²) in [6.45, 7) is 0.692. The minimum Gasteiger partial charge on any atom is -0.397 e. The van der Waals surface area contributed by atoms with E-state index in [0.29, 0.717) is 23.6 Å². The summed E-state index contributed by atoms with van der Waals surface area (Å²) < 4.78 is 0. The van der Waals surface area contributed by atoms with Crippen molar-refractivity contribution in [1.29, 1.82) is 5.26 Å². The Bertz CT molecular complexity index is 559. The van der Waals surface area contributed by atoms with Gasteiger partial charge in [-0.1, -0.05) is 6.07 Å². The predicted molar refractivity (Wildman–Crippen MR) is 69.8 cm³/mol. The van der Waals surface area contributed by atoms with Crippen LogP contribution in [0.2, 0.25) is 0 Å². The van der Waals surface area contributed by atoms with Crippen LogP contribution in [0.5, 0.6) is 0 Å². The lowest BCUT2D eigenvalue weighted by molar-refractivity contribution is 0.992. The average molecular weight is 239 g/mol. The van der Waals surface area contributed by atoms with E-state index in [2.05, 4.69) is 21.4 Å². The molecule has 0 fully saturated rings. The van der Waals surface area contributed by atoms with Crippen LogP contribution >= 0.6 is 0 Å². The van der Waals surface area contributed by atoms with E-state index in [4.69, 9.17) is 11.0 Å². The lowest BCUT2D eigenvalue weighted by Gasteiger charge is -2.07. The van der Waals surface area contributed by atoms with Gasteiger partial charge in [0.1, 0.15) is 11.9 Å². The first kappa shape index (κ1) is 11.9. The molecule has 0 saturated heterocycles. The number of nitriles is 1. The fraction of sp³-hybridized carbons (Fsp3) is 0.154. The van der Waals surface area contributed by atoms with E-state index in [1.54, 1.807) is 12.3 Å². The Morgan fingerprint density at radius 1 is 1.39 bits per heavy atom. The smallest absolute Gasteiger partial charge is 0.144 e. The van der Waals surface area contributed by atoms with E-state index in [1.165, 1.54) is 6.20 Å². The van der Waals surface area contributed by atoms with Crippen molar-refractivity contribution in [2.24, 2.45) is 0 Å². The fourth-order valence-corrected chi connectivity index (χ4v) is 1.58. The number of aromatic nitrogens is 2. The Morgan fingerprint density at radius 3 is 3.00 bits per heavy atom. The zero-order valence-corrected chi connectivity index (χ0v) is 9.80. The molecule has 0 saturated carbocycles. The molecule has 0 aliphatic carbocycles. The van der Waals surface area contributed by atoms with Crippen molar-refractivity contribution in [3.05, 3.63) is 47.9 Å². The molecule has 2 aromatic rings. The summed E-state index contributed by atoms with van der Waals surface area (Å²) >= 11 is 0. The van der Waals surface area contributed by atoms with E-state index >= 15 is 0 Å². The Kier molecular flexibility index (Phi) is 3.72. The number of hydrogen-bond acceptors (Lipinski definition) is 5. The quantitative estimate of drug-likeness (QED) is 0.845. The van der Waals surface area contributed by atoms with Crippen molar-refractivity contribution in [3.8, 4) is 6.07 Å². The molecule has 2 heterocycles. The minimum absolute atomic E-state index is 0.459. The minimum atomic E-state index is 0.459. The van der Waals surface area contributed by atoms with Gasteiger partial charge in [-0.25, -0.2) is 4.98 Å². The van der Waals surface area contributed by atoms with Gasteiger partial charge in [0.05, 0.1) is 17.4 Å². The van der Waals surface area contributed by atoms with Crippen LogP contribution in [0.1, 0.15) is 11.1 Å². The third-order valence-electron chi connectivity index (χ3n) is 2.46. The number of anilines is 2. The maximum atomic E-state index is 8.96. The van der Waals surface area contributed by atoms with Crippen LogP contribution in [0.15, 0.2) is 36.8 Å². The van der Waals surface area contributed by atoms with Crippen molar-refractivity contribution in [1.82, 2.24) is 9.97 Å². The summed E-state index contributed by atoms with van der Waals surface area (Å²) in [4.78, 5) is 8.15. The molecule has 0 unspecified atom stereocenters. The van der Waals surface area contributed by atoms with Crippen molar-refractivity contribution in [3.63, 3.8) is 0 Å². The standard InChI is InChI=1S/C13H13N5/c14-7-11-6-12(15)9-18-13(11)17-5-3-10-2-1-4-16-8-10/h1-2,4,6,8-9H,3,5,15H2,(H,17,18). The van der Waals surface area contributed by atoms with Crippen LogP contribution in [0.25, 0.3) is 0 Å². The number of rotatable bonds is 4. The lowest BCUT2D eigenvalue weighted by atomic mass is 10.2. The van der Waals surface area contributed by atoms with Crippen molar-refractivity contribution in [2.45, 2.75) is 6.42 Å². The summed E-state index contributed by atoms with van der Waals surface area (Å²) in [6, 6.07) is 7.59. The molecular formula is C13H13N5. The summed E-state index contributed by atoms with van der Waals surface area (Å²) in [6.07, 6.45) is 5.92. The van der Waals surface area contributed by atoms with E-state index in [-0.39, 0.29) is 0 Å². The second kappa shape index (κ2) is 5.64. The number of nitrogens with two attached hydrogens (primary N) is 1. The zero-order valence-electron chi connectivity index (χ0n) is 9.80. The van der Waals surface area contributed by atoms with Crippen LogP contribution in [-0.2, 0) is 6.42 Å². The average Bonchev–Trinajstić information content (AvgIpc) is 2.41. The molecule has 0 radical (unpaired) electrons. The molecule has 0 bridgehead atoms. The highest BCUT2D eigenvalue weighted by atomic mass is 15.0. The second-order valence-corrected chi connectivity index (χ2v) is 3.81. The molecule has 18 heavy (non-hydrogen) atoms. The van der Waals surface area contributed by atoms with Gasteiger partial charge in [-0.05, 0) is 24.1 Å². The van der Waals surface area contributed by atoms with Gasteiger partial charge in [-0.3, -0.25) is 4.98 Å². The second-order valence-electron chi connectivity index (χ2n) is 3.81. The maximum Gasteiger partial charge on any atom is 0.144 e. The SMILES string of the molecule is N#Cc1cc(N)cnc1NCCc1cccnc1. The molecule has 5 nitrogen and oxygen atoms in total. The number of nitrogen functional groups attached to an aromatic ring is 1. The first-order valence-corrected chi connectivity index (χ1v) is 5.58. The lowest BCUT2D eigenvalue weighted by Crippen LogP contribution is -2.08. The molecule has 0 atom stereocenters. The molecule has 5 heteroatoms. The first-order chi connectivity index (χ1) is 8.79. The molecule has 2 rings (SSSR count). The third kappa shape index (κ3) is 2.95. The number of pyridine rings is 2. The van der Waals surface area contributed by atoms with E-state index in [9.17, 15) is 0 Å². The molecule has 90 valence electrons. The van der Waals surface area contributed by atoms with Crippen LogP contribution < -0.4 is 11.1 Å². The maximum absolute atomic E-state index is 8.96. The predicted octanol–water partition coefficient (Wildman–Crippen LogP) is 1.59. The molecule has 0 aliphatic rings. The molecule has 0 aliphatic heterocycles. The van der Waals surface area contributed by atoms with Crippen molar-refractivity contribution >= 4 is 11.5 Å². The first-order valence-electron chi connectivity index (χ1n) is 5.58. The summed E-state index contributed by atoms with van der Waals surface area (Å²) in [5.74, 6) is 0.565. The number of hydrogen-bond donors (Lipinski definition) is 2. The van der Waals surface area contributed by atoms with Crippen molar-refractivity contribution in [2.75, 3.05) is 17.6 Å². The normalized spacial score (nSPS) is 9.72. The van der Waals surface area contributed by atoms with Gasteiger partial charge in [0.15, 0.2) is 0 Å². The van der Waals surface area contributed by atoms with Crippen molar-refractivity contribution < 1.29 is 0 Å². The van der Waals surface area contributed by atoms with E-state index in [1.807, 2.05) is 18.3 Å². The number of nitrogens with one attached hydrogen (secondary N) is 1. The summed E-state index contributed by atoms with van der Waals surface area (Å²) in [5, 5.41) is 12.1. The van der Waals surface area contributed by atoms with Gasteiger partial charge in [0, 0.05) is 18.9 Å². The summed E-state index contributed by atoms with van der Waals surface area (Å²) in [7, 11) is 0. The monoisotopic (exact) mass is 239 g/mol. The molecule has 0 aromatic carbocycles. The van der Waals surface area contributed by atoms with E-state index < -0.39 is 0 Å². The van der Waals surface area contributed by atoms with Gasteiger partial charge in [0.2, 0.25) is 0 Å². The Balaban J connectivity index is 1.97. The Morgan fingerprint density at radius 2 is 2.28 bits per heavy atom. The molecule has 0 spiro atoms. The Labute approximate surface area is 105 Å². The van der Waals surface area contributed by atoms with Gasteiger partial charge in [0.25, 0.3) is 0 Å². The Hall–Kier alpha value is -2.61. The highest BCUT2D eigenvalue weighted by molar-refractivity contribution is 5.57. The molecule has 3 N–H and O–H groups in total. The molecule has 0 amide bonds. The van der Waals surface area contributed by atoms with E-state index in [0.717, 1.165) is 12.0 Å². The fourth-order valence-electron chi connectivity index (χ4n) is 1.58.